The molecule has 0 N–H and O–H groups in total. The molecular formula is C36H51NO. The molecule has 0 radical (unpaired) electrons. The molecule has 2 nitrogen and oxygen atoms in total. The molecule has 1 aliphatic rings. The summed E-state index contributed by atoms with van der Waals surface area (Å²) in [4.78, 5) is 13.2. The van der Waals surface area contributed by atoms with E-state index in [4.69, 9.17) is 0 Å². The van der Waals surface area contributed by atoms with Gasteiger partial charge < -0.3 is 9.69 Å². The topological polar surface area (TPSA) is 20.3 Å². The maximum atomic E-state index is 10.7. The fourth-order valence-corrected chi connectivity index (χ4v) is 3.60. The van der Waals surface area contributed by atoms with E-state index < -0.39 is 0 Å². The predicted octanol–water partition coefficient (Wildman–Crippen LogP) is 9.28. The van der Waals surface area contributed by atoms with E-state index in [2.05, 4.69) is 61.8 Å². The van der Waals surface area contributed by atoms with Crippen LogP contribution in [0.5, 0.6) is 0 Å². The van der Waals surface area contributed by atoms with Gasteiger partial charge in [0, 0.05) is 23.6 Å². The Balaban J connectivity index is 0.000000521. The third-order valence-corrected chi connectivity index (χ3v) is 5.72. The molecule has 38 heavy (non-hydrogen) atoms. The molecule has 1 fully saturated rings. The van der Waals surface area contributed by atoms with Crippen LogP contribution in [0.25, 0.3) is 0 Å². The molecule has 206 valence electrons. The number of nitrogens with zero attached hydrogens (tertiary/aromatic N) is 1. The van der Waals surface area contributed by atoms with Crippen LogP contribution in [0.1, 0.15) is 89.5 Å². The van der Waals surface area contributed by atoms with Crippen LogP contribution in [0, 0.1) is 25.7 Å². The van der Waals surface area contributed by atoms with Gasteiger partial charge in [0.05, 0.1) is 0 Å². The highest BCUT2D eigenvalue weighted by molar-refractivity contribution is 5.75. The maximum Gasteiger partial charge on any atom is 0.129 e. The van der Waals surface area contributed by atoms with Crippen molar-refractivity contribution >= 4 is 5.78 Å². The Kier molecular flexibility index (Phi) is 21.1. The van der Waals surface area contributed by atoms with E-state index in [0.29, 0.717) is 11.8 Å². The van der Waals surface area contributed by atoms with Crippen molar-refractivity contribution in [3.05, 3.63) is 107 Å². The molecule has 1 atom stereocenters. The van der Waals surface area contributed by atoms with Crippen molar-refractivity contribution in [1.82, 2.24) is 4.90 Å². The highest BCUT2D eigenvalue weighted by Gasteiger charge is 2.26. The first-order valence-corrected chi connectivity index (χ1v) is 14.4. The molecule has 2 heteroatoms. The molecule has 1 heterocycles. The number of Topliss-reactive ketones (excluding diaryl/α,β-unsaturated/α-hetero) is 1. The third-order valence-electron chi connectivity index (χ3n) is 5.72. The number of ketones is 1. The Bertz CT molecular complexity index is 949. The molecule has 0 aromatic heterocycles. The van der Waals surface area contributed by atoms with Crippen LogP contribution in [0.15, 0.2) is 84.9 Å². The molecular weight excluding hydrogens is 462 g/mol. The van der Waals surface area contributed by atoms with Crippen molar-refractivity contribution < 1.29 is 4.79 Å². The van der Waals surface area contributed by atoms with Gasteiger partial charge in [0.1, 0.15) is 5.78 Å². The van der Waals surface area contributed by atoms with E-state index >= 15 is 0 Å². The number of benzene rings is 3. The van der Waals surface area contributed by atoms with Crippen LogP contribution in [0.2, 0.25) is 0 Å². The van der Waals surface area contributed by atoms with Gasteiger partial charge in [0.15, 0.2) is 0 Å². The van der Waals surface area contributed by atoms with Crippen molar-refractivity contribution in [3.8, 4) is 11.8 Å². The summed E-state index contributed by atoms with van der Waals surface area (Å²) in [6.45, 7) is 18.5. The molecule has 3 aromatic carbocycles. The normalized spacial score (nSPS) is 13.0. The highest BCUT2D eigenvalue weighted by Crippen LogP contribution is 2.21. The van der Waals surface area contributed by atoms with Gasteiger partial charge in [-0.3, -0.25) is 0 Å². The Hall–Kier alpha value is -3.15. The van der Waals surface area contributed by atoms with Crippen LogP contribution >= 0.6 is 0 Å². The first kappa shape index (κ1) is 34.9. The summed E-state index contributed by atoms with van der Waals surface area (Å²) in [5.74, 6) is 6.55. The van der Waals surface area contributed by atoms with Crippen LogP contribution in [0.3, 0.4) is 0 Å². The Morgan fingerprint density at radius 2 is 1.18 bits per heavy atom. The SMILES string of the molecule is C(#Cc1ccccc1)c1ccccc1.CC.CC.CCCN1CCC1CCC(C)=O.Cc1ccc(C)cc1. The third kappa shape index (κ3) is 16.6. The molecule has 0 saturated carbocycles. The molecule has 4 rings (SSSR count). The molecule has 1 unspecified atom stereocenters. The van der Waals surface area contributed by atoms with E-state index in [0.717, 1.165) is 24.0 Å². The second-order valence-corrected chi connectivity index (χ2v) is 8.86. The van der Waals surface area contributed by atoms with Gasteiger partial charge in [0.2, 0.25) is 0 Å². The van der Waals surface area contributed by atoms with Gasteiger partial charge in [-0.05, 0) is 77.4 Å². The lowest BCUT2D eigenvalue weighted by Crippen LogP contribution is -2.47. The zero-order valence-electron chi connectivity index (χ0n) is 25.3. The summed E-state index contributed by atoms with van der Waals surface area (Å²) in [5, 5.41) is 0. The van der Waals surface area contributed by atoms with Gasteiger partial charge in [-0.1, -0.05) is 118 Å². The highest BCUT2D eigenvalue weighted by atomic mass is 16.1. The number of rotatable bonds is 5. The van der Waals surface area contributed by atoms with Crippen LogP contribution in [-0.2, 0) is 4.79 Å². The van der Waals surface area contributed by atoms with Crippen molar-refractivity contribution in [2.45, 2.75) is 87.1 Å². The monoisotopic (exact) mass is 513 g/mol. The molecule has 1 aliphatic heterocycles. The van der Waals surface area contributed by atoms with Gasteiger partial charge in [-0.15, -0.1) is 0 Å². The zero-order valence-corrected chi connectivity index (χ0v) is 25.3. The van der Waals surface area contributed by atoms with Crippen molar-refractivity contribution in [1.29, 1.82) is 0 Å². The Morgan fingerprint density at radius 3 is 1.50 bits per heavy atom. The number of aryl methyl sites for hydroxylation is 2. The van der Waals surface area contributed by atoms with Crippen LogP contribution < -0.4 is 0 Å². The molecule has 0 bridgehead atoms. The molecule has 0 aliphatic carbocycles. The minimum absolute atomic E-state index is 0.332. The fourth-order valence-electron chi connectivity index (χ4n) is 3.60. The second-order valence-electron chi connectivity index (χ2n) is 8.86. The summed E-state index contributed by atoms with van der Waals surface area (Å²) in [6.07, 6.45) is 4.38. The number of carbonyl (C=O) groups excluding carboxylic acids is 1. The molecule has 0 spiro atoms. The number of hydrogen-bond acceptors (Lipinski definition) is 2. The standard InChI is InChI=1S/C14H10.C10H19NO.C8H10.2C2H6/c1-3-7-13(8-4-1)11-12-14-9-5-2-6-10-14;1-3-7-11-8-6-10(11)5-4-9(2)12;1-7-3-5-8(2)6-4-7;2*1-2/h1-10H;10H,3-8H2,1-2H3;3-6H,1-2H3;2*1-2H3. The van der Waals surface area contributed by atoms with Crippen molar-refractivity contribution in [2.75, 3.05) is 13.1 Å². The molecule has 3 aromatic rings. The quantitative estimate of drug-likeness (QED) is 0.317. The van der Waals surface area contributed by atoms with Gasteiger partial charge >= 0.3 is 0 Å². The Labute approximate surface area is 234 Å². The van der Waals surface area contributed by atoms with E-state index in [1.807, 2.05) is 88.4 Å². The van der Waals surface area contributed by atoms with Gasteiger partial charge in [-0.25, -0.2) is 0 Å². The summed E-state index contributed by atoms with van der Waals surface area (Å²) >= 11 is 0. The lowest BCUT2D eigenvalue weighted by Gasteiger charge is -2.41. The van der Waals surface area contributed by atoms with Crippen LogP contribution in [0.4, 0.5) is 0 Å². The molecule has 1 saturated heterocycles. The first-order chi connectivity index (χ1) is 18.5. The summed E-state index contributed by atoms with van der Waals surface area (Å²) < 4.78 is 0. The summed E-state index contributed by atoms with van der Waals surface area (Å²) in [5.41, 5.74) is 4.76. The second kappa shape index (κ2) is 23.0. The average molecular weight is 514 g/mol. The average Bonchev–Trinajstić information content (AvgIpc) is 2.95. The molecule has 0 amide bonds. The first-order valence-electron chi connectivity index (χ1n) is 14.4. The van der Waals surface area contributed by atoms with E-state index in [9.17, 15) is 4.79 Å². The lowest BCUT2D eigenvalue weighted by molar-refractivity contribution is -0.117. The van der Waals surface area contributed by atoms with Crippen molar-refractivity contribution in [2.24, 2.45) is 0 Å². The summed E-state index contributed by atoms with van der Waals surface area (Å²) in [6, 6.07) is 29.2. The van der Waals surface area contributed by atoms with E-state index in [1.165, 1.54) is 37.1 Å². The maximum absolute atomic E-state index is 10.7. The fraction of sp³-hybridized carbons (Fsp3) is 0.417. The Morgan fingerprint density at radius 1 is 0.763 bits per heavy atom. The predicted molar refractivity (Wildman–Crippen MR) is 168 cm³/mol. The van der Waals surface area contributed by atoms with E-state index in [-0.39, 0.29) is 0 Å². The summed E-state index contributed by atoms with van der Waals surface area (Å²) in [7, 11) is 0. The number of hydrogen-bond donors (Lipinski definition) is 0. The minimum Gasteiger partial charge on any atom is -0.300 e. The van der Waals surface area contributed by atoms with Crippen molar-refractivity contribution in [3.63, 3.8) is 0 Å². The van der Waals surface area contributed by atoms with Crippen LogP contribution in [-0.4, -0.2) is 29.8 Å². The van der Waals surface area contributed by atoms with Gasteiger partial charge in [-0.2, -0.15) is 0 Å². The zero-order chi connectivity index (χ0) is 28.6. The largest absolute Gasteiger partial charge is 0.300 e. The minimum atomic E-state index is 0.332. The number of likely N-dealkylation sites (tertiary alicyclic amines) is 1. The smallest absolute Gasteiger partial charge is 0.129 e. The van der Waals surface area contributed by atoms with Gasteiger partial charge in [0.25, 0.3) is 0 Å². The number of carbonyl (C=O) groups is 1. The lowest BCUT2D eigenvalue weighted by atomic mass is 9.97. The van der Waals surface area contributed by atoms with E-state index in [1.54, 1.807) is 6.92 Å².